The summed E-state index contributed by atoms with van der Waals surface area (Å²) in [5, 5.41) is 1.85. The number of anilines is 1. The molecule has 1 N–H and O–H groups in total. The number of carbonyl (C=O) groups is 1. The molecule has 0 aromatic carbocycles. The van der Waals surface area contributed by atoms with E-state index in [-0.39, 0.29) is 21.9 Å². The van der Waals surface area contributed by atoms with Crippen LogP contribution in [0.5, 0.6) is 0 Å². The molecular weight excluding hydrogens is 490 g/mol. The summed E-state index contributed by atoms with van der Waals surface area (Å²) in [6, 6.07) is 2.06. The predicted molar refractivity (Wildman–Crippen MR) is 122 cm³/mol. The Balaban J connectivity index is 1.66. The van der Waals surface area contributed by atoms with Gasteiger partial charge in [-0.15, -0.1) is 0 Å². The first-order valence-electron chi connectivity index (χ1n) is 11.1. The molecule has 5 rings (SSSR count). The molecule has 1 atom stereocenters. The lowest BCUT2D eigenvalue weighted by atomic mass is 10.1. The van der Waals surface area contributed by atoms with E-state index >= 15 is 0 Å². The smallest absolute Gasteiger partial charge is 0.357 e. The maximum Gasteiger partial charge on any atom is 0.408 e. The zero-order valence-corrected chi connectivity index (χ0v) is 19.0. The van der Waals surface area contributed by atoms with Gasteiger partial charge in [0.2, 0.25) is 5.43 Å². The van der Waals surface area contributed by atoms with Crippen molar-refractivity contribution in [2.45, 2.75) is 37.9 Å². The second kappa shape index (κ2) is 8.78. The second-order valence-corrected chi connectivity index (χ2v) is 9.17. The Bertz CT molecular complexity index is 1370. The van der Waals surface area contributed by atoms with Gasteiger partial charge in [-0.05, 0) is 49.8 Å². The van der Waals surface area contributed by atoms with E-state index in [1.54, 1.807) is 6.07 Å². The molecule has 1 aliphatic heterocycles. The van der Waals surface area contributed by atoms with Gasteiger partial charge in [-0.25, -0.2) is 14.4 Å². The van der Waals surface area contributed by atoms with Gasteiger partial charge >= 0.3 is 6.18 Å². The van der Waals surface area contributed by atoms with Gasteiger partial charge in [0.05, 0.1) is 16.6 Å². The third-order valence-corrected chi connectivity index (χ3v) is 6.54. The summed E-state index contributed by atoms with van der Waals surface area (Å²) in [5.41, 5.74) is -1.19. The van der Waals surface area contributed by atoms with Crippen molar-refractivity contribution in [2.24, 2.45) is 5.92 Å². The van der Waals surface area contributed by atoms with Gasteiger partial charge < -0.3 is 10.2 Å². The van der Waals surface area contributed by atoms with Crippen molar-refractivity contribution in [2.75, 3.05) is 18.0 Å². The molecule has 2 fully saturated rings. The lowest BCUT2D eigenvalue weighted by Crippen LogP contribution is -2.48. The highest BCUT2D eigenvalue weighted by molar-refractivity contribution is 6.32. The molecule has 0 spiro atoms. The number of pyridine rings is 3. The minimum atomic E-state index is -4.65. The van der Waals surface area contributed by atoms with Crippen LogP contribution in [0.2, 0.25) is 5.02 Å². The molecule has 184 valence electrons. The quantitative estimate of drug-likeness (QED) is 0.520. The van der Waals surface area contributed by atoms with Crippen molar-refractivity contribution in [1.82, 2.24) is 19.9 Å². The number of nitrogens with zero attached hydrogens (tertiary/aromatic N) is 4. The maximum atomic E-state index is 13.7. The van der Waals surface area contributed by atoms with Crippen LogP contribution in [0.1, 0.15) is 36.0 Å². The van der Waals surface area contributed by atoms with Crippen LogP contribution in [-0.4, -0.2) is 45.7 Å². The van der Waals surface area contributed by atoms with Gasteiger partial charge in [-0.1, -0.05) is 11.6 Å². The minimum absolute atomic E-state index is 0.00207. The summed E-state index contributed by atoms with van der Waals surface area (Å²) in [6.07, 6.45) is -0.0397. The molecule has 0 radical (unpaired) electrons. The van der Waals surface area contributed by atoms with Gasteiger partial charge in [0.25, 0.3) is 5.91 Å². The van der Waals surface area contributed by atoms with Crippen LogP contribution >= 0.6 is 11.6 Å². The molecule has 1 saturated heterocycles. The fraction of sp³-hybridized carbons (Fsp3) is 0.391. The van der Waals surface area contributed by atoms with E-state index in [4.69, 9.17) is 11.6 Å². The highest BCUT2D eigenvalue weighted by atomic mass is 35.5. The topological polar surface area (TPSA) is 80.1 Å². The fourth-order valence-electron chi connectivity index (χ4n) is 4.34. The molecule has 1 aliphatic carbocycles. The first-order chi connectivity index (χ1) is 16.6. The van der Waals surface area contributed by atoms with Gasteiger partial charge in [0.15, 0.2) is 11.5 Å². The zero-order chi connectivity index (χ0) is 24.9. The van der Waals surface area contributed by atoms with Crippen LogP contribution in [-0.2, 0) is 0 Å². The molecule has 3 aromatic heterocycles. The molecule has 0 unspecified atom stereocenters. The van der Waals surface area contributed by atoms with Crippen molar-refractivity contribution >= 4 is 34.4 Å². The summed E-state index contributed by atoms with van der Waals surface area (Å²) in [6.45, 7) is 1.55. The highest BCUT2D eigenvalue weighted by Gasteiger charge is 2.49. The van der Waals surface area contributed by atoms with E-state index in [1.165, 1.54) is 10.6 Å². The van der Waals surface area contributed by atoms with Gasteiger partial charge in [0.1, 0.15) is 23.2 Å². The normalized spacial score (nSPS) is 17.1. The molecule has 7 nitrogen and oxygen atoms in total. The van der Waals surface area contributed by atoms with E-state index in [1.807, 2.05) is 10.2 Å². The van der Waals surface area contributed by atoms with Gasteiger partial charge in [-0.2, -0.15) is 13.2 Å². The standard InChI is InChI=1S/C23H20ClF4N5O2/c24-16-9-13(25)10-29-21(16)33-11-15(22(35)31-19(12-3-4-12)23(26,27)28)18(34)14-5-6-17(30-20(14)33)32-7-1-2-8-32/h5-6,9-12,19H,1-4,7-8H2,(H,31,35)/t19-/m1/s1. The molecule has 1 saturated carbocycles. The summed E-state index contributed by atoms with van der Waals surface area (Å²) in [4.78, 5) is 36.7. The molecule has 2 aliphatic rings. The number of fused-ring (bicyclic) bond motifs is 1. The van der Waals surface area contributed by atoms with Crippen LogP contribution in [0.4, 0.5) is 23.4 Å². The first-order valence-corrected chi connectivity index (χ1v) is 11.5. The third kappa shape index (κ3) is 4.56. The Labute approximate surface area is 201 Å². The van der Waals surface area contributed by atoms with Gasteiger partial charge in [0, 0.05) is 19.3 Å². The van der Waals surface area contributed by atoms with Crippen LogP contribution in [0.3, 0.4) is 0 Å². The van der Waals surface area contributed by atoms with E-state index in [0.29, 0.717) is 18.7 Å². The summed E-state index contributed by atoms with van der Waals surface area (Å²) in [5.74, 6) is -2.02. The van der Waals surface area contributed by atoms with Crippen LogP contribution < -0.4 is 15.6 Å². The largest absolute Gasteiger partial charge is 0.408 e. The van der Waals surface area contributed by atoms with E-state index in [2.05, 4.69) is 9.97 Å². The Kier molecular flexibility index (Phi) is 5.90. The monoisotopic (exact) mass is 509 g/mol. The summed E-state index contributed by atoms with van der Waals surface area (Å²) >= 11 is 6.21. The Morgan fingerprint density at radius 1 is 1.20 bits per heavy atom. The average molecular weight is 510 g/mol. The molecule has 3 aromatic rings. The van der Waals surface area contributed by atoms with Crippen LogP contribution in [0.25, 0.3) is 16.9 Å². The number of hydrogen-bond donors (Lipinski definition) is 1. The number of aromatic nitrogens is 3. The SMILES string of the molecule is O=C(N[C@H](C1CC1)C(F)(F)F)c1cn(-c2ncc(F)cc2Cl)c2nc(N3CCCC3)ccc2c1=O. The highest BCUT2D eigenvalue weighted by Crippen LogP contribution is 2.40. The zero-order valence-electron chi connectivity index (χ0n) is 18.3. The molecule has 4 heterocycles. The van der Waals surface area contributed by atoms with Crippen LogP contribution in [0, 0.1) is 11.7 Å². The average Bonchev–Trinajstić information content (AvgIpc) is 3.48. The Morgan fingerprint density at radius 2 is 1.91 bits per heavy atom. The van der Waals surface area contributed by atoms with Crippen molar-refractivity contribution in [3.05, 3.63) is 57.2 Å². The lowest BCUT2D eigenvalue weighted by molar-refractivity contribution is -0.158. The fourth-order valence-corrected chi connectivity index (χ4v) is 4.58. The van der Waals surface area contributed by atoms with E-state index in [0.717, 1.165) is 44.4 Å². The van der Waals surface area contributed by atoms with Crippen LogP contribution in [0.15, 0.2) is 35.4 Å². The Morgan fingerprint density at radius 3 is 2.54 bits per heavy atom. The molecule has 35 heavy (non-hydrogen) atoms. The molecule has 12 heteroatoms. The number of rotatable bonds is 5. The maximum absolute atomic E-state index is 13.7. The first kappa shape index (κ1) is 23.5. The van der Waals surface area contributed by atoms with Crippen molar-refractivity contribution in [3.63, 3.8) is 0 Å². The number of halogens is 5. The van der Waals surface area contributed by atoms with E-state index in [9.17, 15) is 27.2 Å². The number of hydrogen-bond acceptors (Lipinski definition) is 5. The van der Waals surface area contributed by atoms with Crippen molar-refractivity contribution in [1.29, 1.82) is 0 Å². The number of nitrogens with one attached hydrogen (secondary N) is 1. The number of carbonyl (C=O) groups excluding carboxylic acids is 1. The number of amides is 1. The summed E-state index contributed by atoms with van der Waals surface area (Å²) < 4.78 is 55.4. The van der Waals surface area contributed by atoms with Gasteiger partial charge in [-0.3, -0.25) is 14.2 Å². The number of alkyl halides is 3. The predicted octanol–water partition coefficient (Wildman–Crippen LogP) is 4.24. The molecular formula is C23H20ClF4N5O2. The molecule has 1 amide bonds. The summed E-state index contributed by atoms with van der Waals surface area (Å²) in [7, 11) is 0. The Hall–Kier alpha value is -3.21. The lowest BCUT2D eigenvalue weighted by Gasteiger charge is -2.22. The van der Waals surface area contributed by atoms with Crippen molar-refractivity contribution in [3.8, 4) is 5.82 Å². The third-order valence-electron chi connectivity index (χ3n) is 6.26. The molecule has 0 bridgehead atoms. The minimum Gasteiger partial charge on any atom is -0.357 e. The van der Waals surface area contributed by atoms with Crippen molar-refractivity contribution < 1.29 is 22.4 Å². The second-order valence-electron chi connectivity index (χ2n) is 8.77. The van der Waals surface area contributed by atoms with E-state index < -0.39 is 40.9 Å².